The number of aromatic hydroxyl groups is 1. The molecule has 1 aromatic carbocycles. The van der Waals surface area contributed by atoms with Crippen molar-refractivity contribution in [1.29, 1.82) is 0 Å². The summed E-state index contributed by atoms with van der Waals surface area (Å²) in [6.45, 7) is 14.0. The maximum atomic E-state index is 12.2. The van der Waals surface area contributed by atoms with E-state index in [0.717, 1.165) is 29.5 Å². The van der Waals surface area contributed by atoms with E-state index in [0.29, 0.717) is 12.2 Å². The molecule has 1 aliphatic carbocycles. The number of nitrogens with one attached hydrogen (secondary N) is 1. The fourth-order valence-corrected chi connectivity index (χ4v) is 3.08. The van der Waals surface area contributed by atoms with E-state index < -0.39 is 6.10 Å². The predicted octanol–water partition coefficient (Wildman–Crippen LogP) is 4.13. The molecule has 5 nitrogen and oxygen atoms in total. The summed E-state index contributed by atoms with van der Waals surface area (Å²) in [4.78, 5) is 24.1. The fraction of sp³-hybridized carbons (Fsp3) is 0.652. The van der Waals surface area contributed by atoms with Crippen LogP contribution in [0.4, 0.5) is 0 Å². The minimum atomic E-state index is -0.775. The van der Waals surface area contributed by atoms with Gasteiger partial charge in [-0.2, -0.15) is 0 Å². The fourth-order valence-electron chi connectivity index (χ4n) is 3.08. The summed E-state index contributed by atoms with van der Waals surface area (Å²) in [6.07, 6.45) is 1.92. The van der Waals surface area contributed by atoms with Gasteiger partial charge >= 0.3 is 5.97 Å². The molecule has 0 spiro atoms. The van der Waals surface area contributed by atoms with Crippen molar-refractivity contribution >= 4 is 11.9 Å². The highest BCUT2D eigenvalue weighted by molar-refractivity contribution is 5.83. The van der Waals surface area contributed by atoms with Crippen LogP contribution in [0, 0.1) is 0 Å². The Morgan fingerprint density at radius 2 is 1.61 bits per heavy atom. The molecule has 2 rings (SSSR count). The number of phenolic OH excluding ortho intramolecular Hbond substituents is 1. The number of benzene rings is 1. The third-order valence-corrected chi connectivity index (χ3v) is 5.00. The van der Waals surface area contributed by atoms with Gasteiger partial charge in [-0.3, -0.25) is 9.59 Å². The predicted molar refractivity (Wildman–Crippen MR) is 111 cm³/mol. The van der Waals surface area contributed by atoms with Gasteiger partial charge in [-0.15, -0.1) is 0 Å². The van der Waals surface area contributed by atoms with Crippen LogP contribution < -0.4 is 5.32 Å². The van der Waals surface area contributed by atoms with Crippen LogP contribution in [-0.2, 0) is 31.6 Å². The molecule has 0 saturated heterocycles. The molecule has 2 N–H and O–H groups in total. The summed E-state index contributed by atoms with van der Waals surface area (Å²) < 4.78 is 5.28. The average Bonchev–Trinajstić information content (AvgIpc) is 3.35. The van der Waals surface area contributed by atoms with Gasteiger partial charge in [0.05, 0.1) is 0 Å². The van der Waals surface area contributed by atoms with Gasteiger partial charge in [-0.25, -0.2) is 0 Å². The first-order chi connectivity index (χ1) is 12.8. The Bertz CT molecular complexity index is 701. The second-order valence-electron chi connectivity index (χ2n) is 9.95. The van der Waals surface area contributed by atoms with Gasteiger partial charge in [0, 0.05) is 12.5 Å². The molecule has 0 aliphatic heterocycles. The molecular formula is C23H35NO4. The monoisotopic (exact) mass is 389 g/mol. The third kappa shape index (κ3) is 5.98. The van der Waals surface area contributed by atoms with E-state index >= 15 is 0 Å². The summed E-state index contributed by atoms with van der Waals surface area (Å²) in [7, 11) is 0. The van der Waals surface area contributed by atoms with Gasteiger partial charge in [-0.05, 0) is 53.7 Å². The number of amides is 1. The number of hydrogen-bond acceptors (Lipinski definition) is 4. The normalized spacial score (nSPS) is 15.8. The topological polar surface area (TPSA) is 75.6 Å². The van der Waals surface area contributed by atoms with Crippen molar-refractivity contribution in [1.82, 2.24) is 5.32 Å². The lowest BCUT2D eigenvalue weighted by Crippen LogP contribution is -2.37. The van der Waals surface area contributed by atoms with Gasteiger partial charge in [0.25, 0.3) is 5.91 Å². The maximum Gasteiger partial charge on any atom is 0.306 e. The number of phenols is 1. The Kier molecular flexibility index (Phi) is 6.47. The number of esters is 1. The van der Waals surface area contributed by atoms with Crippen LogP contribution in [-0.4, -0.2) is 29.1 Å². The molecule has 1 atom stereocenters. The van der Waals surface area contributed by atoms with Crippen molar-refractivity contribution in [2.24, 2.45) is 0 Å². The maximum absolute atomic E-state index is 12.2. The Labute approximate surface area is 168 Å². The van der Waals surface area contributed by atoms with Gasteiger partial charge in [-0.1, -0.05) is 53.7 Å². The zero-order valence-corrected chi connectivity index (χ0v) is 18.3. The summed E-state index contributed by atoms with van der Waals surface area (Å²) in [6, 6.07) is 4.19. The molecule has 1 fully saturated rings. The molecule has 0 bridgehead atoms. The number of carbonyl (C=O) groups excluding carboxylic acids is 2. The van der Waals surface area contributed by atoms with E-state index in [4.69, 9.17) is 4.74 Å². The molecule has 28 heavy (non-hydrogen) atoms. The Morgan fingerprint density at radius 3 is 2.04 bits per heavy atom. The van der Waals surface area contributed by atoms with E-state index in [1.54, 1.807) is 6.92 Å². The lowest BCUT2D eigenvalue weighted by molar-refractivity contribution is -0.154. The van der Waals surface area contributed by atoms with Crippen molar-refractivity contribution < 1.29 is 19.4 Å². The molecule has 0 heterocycles. The van der Waals surface area contributed by atoms with Crippen molar-refractivity contribution in [3.8, 4) is 5.75 Å². The van der Waals surface area contributed by atoms with Crippen LogP contribution >= 0.6 is 0 Å². The first kappa shape index (κ1) is 22.3. The molecule has 0 radical (unpaired) electrons. The number of aryl methyl sites for hydroxylation is 1. The van der Waals surface area contributed by atoms with E-state index in [-0.39, 0.29) is 35.2 Å². The Morgan fingerprint density at radius 1 is 1.11 bits per heavy atom. The molecule has 1 aromatic rings. The van der Waals surface area contributed by atoms with E-state index in [1.807, 2.05) is 12.1 Å². The van der Waals surface area contributed by atoms with Gasteiger partial charge in [0.2, 0.25) is 0 Å². The minimum Gasteiger partial charge on any atom is -0.507 e. The van der Waals surface area contributed by atoms with Gasteiger partial charge < -0.3 is 15.2 Å². The average molecular weight is 390 g/mol. The van der Waals surface area contributed by atoms with Crippen molar-refractivity contribution in [3.63, 3.8) is 0 Å². The standard InChI is InChI=1S/C23H35NO4/c1-14(21(27)24-16-9-10-16)28-19(25)11-8-15-12-17(22(2,3)4)20(26)18(13-15)23(5,6)7/h12-14,16,26H,8-11H2,1-7H3,(H,24,27)/t14-/m0/s1. The molecule has 0 unspecified atom stereocenters. The molecular weight excluding hydrogens is 354 g/mol. The second kappa shape index (κ2) is 8.14. The third-order valence-electron chi connectivity index (χ3n) is 5.00. The highest BCUT2D eigenvalue weighted by Gasteiger charge is 2.28. The van der Waals surface area contributed by atoms with Crippen molar-refractivity contribution in [2.75, 3.05) is 0 Å². The zero-order valence-electron chi connectivity index (χ0n) is 18.3. The smallest absolute Gasteiger partial charge is 0.306 e. The molecule has 5 heteroatoms. The summed E-state index contributed by atoms with van der Waals surface area (Å²) in [5.41, 5.74) is 2.31. The SMILES string of the molecule is C[C@H](OC(=O)CCc1cc(C(C)(C)C)c(O)c(C(C)(C)C)c1)C(=O)NC1CC1. The lowest BCUT2D eigenvalue weighted by Gasteiger charge is -2.28. The first-order valence-electron chi connectivity index (χ1n) is 10.2. The van der Waals surface area contributed by atoms with Crippen LogP contribution in [0.2, 0.25) is 0 Å². The quantitative estimate of drug-likeness (QED) is 0.717. The zero-order chi connectivity index (χ0) is 21.3. The van der Waals surface area contributed by atoms with Gasteiger partial charge in [0.1, 0.15) is 5.75 Å². The molecule has 1 saturated carbocycles. The summed E-state index contributed by atoms with van der Waals surface area (Å²) in [5, 5.41) is 13.6. The Hall–Kier alpha value is -2.04. The number of ether oxygens (including phenoxy) is 1. The lowest BCUT2D eigenvalue weighted by atomic mass is 9.78. The summed E-state index contributed by atoms with van der Waals surface area (Å²) in [5.74, 6) is -0.289. The largest absolute Gasteiger partial charge is 0.507 e. The number of rotatable bonds is 6. The van der Waals surface area contributed by atoms with Crippen LogP contribution in [0.3, 0.4) is 0 Å². The van der Waals surface area contributed by atoms with E-state index in [9.17, 15) is 14.7 Å². The highest BCUT2D eigenvalue weighted by atomic mass is 16.5. The molecule has 1 aliphatic rings. The highest BCUT2D eigenvalue weighted by Crippen LogP contribution is 2.40. The van der Waals surface area contributed by atoms with Crippen molar-refractivity contribution in [3.05, 3.63) is 28.8 Å². The minimum absolute atomic E-state index is 0.193. The number of hydrogen-bond donors (Lipinski definition) is 2. The molecule has 0 aromatic heterocycles. The van der Waals surface area contributed by atoms with Gasteiger partial charge in [0.15, 0.2) is 6.10 Å². The summed E-state index contributed by atoms with van der Waals surface area (Å²) >= 11 is 0. The molecule has 1 amide bonds. The van der Waals surface area contributed by atoms with E-state index in [1.165, 1.54) is 0 Å². The van der Waals surface area contributed by atoms with Crippen LogP contribution in [0.1, 0.15) is 84.4 Å². The van der Waals surface area contributed by atoms with Crippen LogP contribution in [0.25, 0.3) is 0 Å². The second-order valence-corrected chi connectivity index (χ2v) is 9.95. The first-order valence-corrected chi connectivity index (χ1v) is 10.2. The number of carbonyl (C=O) groups is 2. The van der Waals surface area contributed by atoms with E-state index in [2.05, 4.69) is 46.9 Å². The van der Waals surface area contributed by atoms with Crippen LogP contribution in [0.15, 0.2) is 12.1 Å². The van der Waals surface area contributed by atoms with Crippen LogP contribution in [0.5, 0.6) is 5.75 Å². The Balaban J connectivity index is 2.08. The van der Waals surface area contributed by atoms with Crippen molar-refractivity contribution in [2.45, 2.75) is 97.1 Å². The molecule has 156 valence electrons.